The van der Waals surface area contributed by atoms with Crippen molar-refractivity contribution in [3.05, 3.63) is 35.1 Å². The van der Waals surface area contributed by atoms with Gasteiger partial charge in [0, 0.05) is 0 Å². The smallest absolute Gasteiger partial charge is 0.221 e. The standard InChI is InChI=1S/C9H7FN2O/c10-8-3-6(4-9(12)13)1-2-7(8)5-11/h1-3H,4H2,(H2,12,13). The summed E-state index contributed by atoms with van der Waals surface area (Å²) in [6.45, 7) is 0. The molecule has 0 fully saturated rings. The molecule has 66 valence electrons. The highest BCUT2D eigenvalue weighted by molar-refractivity contribution is 5.76. The van der Waals surface area contributed by atoms with Crippen molar-refractivity contribution in [3.63, 3.8) is 0 Å². The van der Waals surface area contributed by atoms with E-state index in [9.17, 15) is 9.18 Å². The van der Waals surface area contributed by atoms with E-state index in [1.54, 1.807) is 6.07 Å². The number of carbonyl (C=O) groups excluding carboxylic acids is 1. The van der Waals surface area contributed by atoms with Gasteiger partial charge in [0.15, 0.2) is 0 Å². The Labute approximate surface area is 74.6 Å². The molecule has 0 aliphatic rings. The Balaban J connectivity index is 2.97. The third-order valence-electron chi connectivity index (χ3n) is 1.53. The fraction of sp³-hybridized carbons (Fsp3) is 0.111. The molecule has 0 saturated heterocycles. The van der Waals surface area contributed by atoms with E-state index in [0.717, 1.165) is 6.07 Å². The molecule has 1 aromatic rings. The number of primary amides is 1. The van der Waals surface area contributed by atoms with Gasteiger partial charge in [-0.2, -0.15) is 5.26 Å². The Morgan fingerprint density at radius 3 is 2.77 bits per heavy atom. The molecule has 0 aliphatic heterocycles. The minimum Gasteiger partial charge on any atom is -0.369 e. The van der Waals surface area contributed by atoms with Crippen molar-refractivity contribution >= 4 is 5.91 Å². The van der Waals surface area contributed by atoms with Crippen LogP contribution >= 0.6 is 0 Å². The molecule has 0 aromatic heterocycles. The van der Waals surface area contributed by atoms with E-state index in [0.29, 0.717) is 5.56 Å². The first kappa shape index (κ1) is 9.20. The van der Waals surface area contributed by atoms with Crippen LogP contribution in [0.3, 0.4) is 0 Å². The van der Waals surface area contributed by atoms with Gasteiger partial charge in [-0.25, -0.2) is 4.39 Å². The monoisotopic (exact) mass is 178 g/mol. The second kappa shape index (κ2) is 3.68. The molecule has 0 unspecified atom stereocenters. The average molecular weight is 178 g/mol. The maximum atomic E-state index is 12.9. The van der Waals surface area contributed by atoms with Gasteiger partial charge in [-0.15, -0.1) is 0 Å². The lowest BCUT2D eigenvalue weighted by molar-refractivity contribution is -0.117. The van der Waals surface area contributed by atoms with E-state index in [2.05, 4.69) is 0 Å². The number of hydrogen-bond donors (Lipinski definition) is 1. The molecule has 4 heteroatoms. The van der Waals surface area contributed by atoms with Crippen LogP contribution in [-0.2, 0) is 11.2 Å². The van der Waals surface area contributed by atoms with Crippen molar-refractivity contribution in [1.29, 1.82) is 5.26 Å². The third kappa shape index (κ3) is 2.27. The number of benzene rings is 1. The van der Waals surface area contributed by atoms with Crippen molar-refractivity contribution in [2.45, 2.75) is 6.42 Å². The first-order chi connectivity index (χ1) is 6.13. The molecule has 0 aliphatic carbocycles. The van der Waals surface area contributed by atoms with E-state index in [4.69, 9.17) is 11.0 Å². The first-order valence-electron chi connectivity index (χ1n) is 3.60. The number of nitrogens with two attached hydrogens (primary N) is 1. The summed E-state index contributed by atoms with van der Waals surface area (Å²) < 4.78 is 12.9. The molecule has 2 N–H and O–H groups in total. The van der Waals surface area contributed by atoms with Crippen LogP contribution in [0.2, 0.25) is 0 Å². The highest BCUT2D eigenvalue weighted by Gasteiger charge is 2.04. The van der Waals surface area contributed by atoms with Crippen LogP contribution in [0.25, 0.3) is 0 Å². The SMILES string of the molecule is N#Cc1ccc(CC(N)=O)cc1F. The highest BCUT2D eigenvalue weighted by Crippen LogP contribution is 2.09. The van der Waals surface area contributed by atoms with Gasteiger partial charge in [-0.05, 0) is 17.7 Å². The normalized spacial score (nSPS) is 9.23. The number of hydrogen-bond acceptors (Lipinski definition) is 2. The summed E-state index contributed by atoms with van der Waals surface area (Å²) in [6, 6.07) is 5.66. The minimum absolute atomic E-state index is 0.0113. The second-order valence-corrected chi connectivity index (χ2v) is 2.57. The van der Waals surface area contributed by atoms with Gasteiger partial charge in [-0.3, -0.25) is 4.79 Å². The largest absolute Gasteiger partial charge is 0.369 e. The van der Waals surface area contributed by atoms with Gasteiger partial charge in [0.1, 0.15) is 11.9 Å². The number of nitriles is 1. The van der Waals surface area contributed by atoms with Crippen LogP contribution in [0.4, 0.5) is 4.39 Å². The van der Waals surface area contributed by atoms with E-state index in [1.165, 1.54) is 12.1 Å². The predicted octanol–water partition coefficient (Wildman–Crippen LogP) is 0.725. The van der Waals surface area contributed by atoms with Crippen molar-refractivity contribution in [3.8, 4) is 6.07 Å². The lowest BCUT2D eigenvalue weighted by atomic mass is 10.1. The number of amides is 1. The molecule has 1 aromatic carbocycles. The molecule has 0 radical (unpaired) electrons. The van der Waals surface area contributed by atoms with Gasteiger partial charge in [0.2, 0.25) is 5.91 Å². The van der Waals surface area contributed by atoms with Gasteiger partial charge in [-0.1, -0.05) is 6.07 Å². The maximum absolute atomic E-state index is 12.9. The van der Waals surface area contributed by atoms with E-state index in [-0.39, 0.29) is 12.0 Å². The zero-order valence-corrected chi connectivity index (χ0v) is 6.75. The summed E-state index contributed by atoms with van der Waals surface area (Å²) in [5.74, 6) is -1.15. The van der Waals surface area contributed by atoms with Gasteiger partial charge < -0.3 is 5.73 Å². The molecule has 1 rings (SSSR count). The number of nitrogens with zero attached hydrogens (tertiary/aromatic N) is 1. The number of halogens is 1. The first-order valence-corrected chi connectivity index (χ1v) is 3.60. The second-order valence-electron chi connectivity index (χ2n) is 2.57. The average Bonchev–Trinajstić information content (AvgIpc) is 2.03. The lowest BCUT2D eigenvalue weighted by Crippen LogP contribution is -2.13. The van der Waals surface area contributed by atoms with Crippen LogP contribution in [-0.4, -0.2) is 5.91 Å². The zero-order valence-electron chi connectivity index (χ0n) is 6.75. The van der Waals surface area contributed by atoms with Crippen molar-refractivity contribution < 1.29 is 9.18 Å². The zero-order chi connectivity index (χ0) is 9.84. The van der Waals surface area contributed by atoms with E-state index < -0.39 is 11.7 Å². The summed E-state index contributed by atoms with van der Waals surface area (Å²) in [4.78, 5) is 10.5. The molecule has 0 saturated carbocycles. The van der Waals surface area contributed by atoms with Crippen LogP contribution in [0.15, 0.2) is 18.2 Å². The fourth-order valence-electron chi connectivity index (χ4n) is 0.960. The molecule has 0 spiro atoms. The Hall–Kier alpha value is -1.89. The Morgan fingerprint density at radius 1 is 1.62 bits per heavy atom. The van der Waals surface area contributed by atoms with E-state index in [1.807, 2.05) is 0 Å². The van der Waals surface area contributed by atoms with Crippen molar-refractivity contribution in [1.82, 2.24) is 0 Å². The van der Waals surface area contributed by atoms with Crippen LogP contribution in [0.5, 0.6) is 0 Å². The molecular formula is C9H7FN2O. The Morgan fingerprint density at radius 2 is 2.31 bits per heavy atom. The van der Waals surface area contributed by atoms with Crippen LogP contribution in [0.1, 0.15) is 11.1 Å². The minimum atomic E-state index is -0.624. The molecule has 1 amide bonds. The van der Waals surface area contributed by atoms with Gasteiger partial charge in [0.25, 0.3) is 0 Å². The van der Waals surface area contributed by atoms with Crippen LogP contribution in [0, 0.1) is 17.1 Å². The summed E-state index contributed by atoms with van der Waals surface area (Å²) in [5.41, 5.74) is 5.36. The number of carbonyl (C=O) groups is 1. The molecule has 3 nitrogen and oxygen atoms in total. The maximum Gasteiger partial charge on any atom is 0.221 e. The molecule has 0 bridgehead atoms. The molecule has 0 heterocycles. The van der Waals surface area contributed by atoms with Gasteiger partial charge in [0.05, 0.1) is 12.0 Å². The quantitative estimate of drug-likeness (QED) is 0.725. The Bertz CT molecular complexity index is 382. The lowest BCUT2D eigenvalue weighted by Gasteiger charge is -1.98. The van der Waals surface area contributed by atoms with Crippen LogP contribution < -0.4 is 5.73 Å². The van der Waals surface area contributed by atoms with Crippen molar-refractivity contribution in [2.24, 2.45) is 5.73 Å². The van der Waals surface area contributed by atoms with Gasteiger partial charge >= 0.3 is 0 Å². The summed E-state index contributed by atoms with van der Waals surface area (Å²) in [5, 5.41) is 8.41. The predicted molar refractivity (Wildman–Crippen MR) is 44.0 cm³/mol. The summed E-state index contributed by atoms with van der Waals surface area (Å²) >= 11 is 0. The third-order valence-corrected chi connectivity index (χ3v) is 1.53. The summed E-state index contributed by atoms with van der Waals surface area (Å²) in [6.07, 6.45) is -0.0113. The highest BCUT2D eigenvalue weighted by atomic mass is 19.1. The molecule has 0 atom stereocenters. The number of rotatable bonds is 2. The molecular weight excluding hydrogens is 171 g/mol. The fourth-order valence-corrected chi connectivity index (χ4v) is 0.960. The van der Waals surface area contributed by atoms with E-state index >= 15 is 0 Å². The molecule has 13 heavy (non-hydrogen) atoms. The topological polar surface area (TPSA) is 66.9 Å². The summed E-state index contributed by atoms with van der Waals surface area (Å²) in [7, 11) is 0. The Kier molecular flexibility index (Phi) is 2.60. The van der Waals surface area contributed by atoms with Crippen molar-refractivity contribution in [2.75, 3.05) is 0 Å².